The van der Waals surface area contributed by atoms with Gasteiger partial charge in [0.1, 0.15) is 11.4 Å². The Morgan fingerprint density at radius 3 is 2.56 bits per heavy atom. The van der Waals surface area contributed by atoms with Crippen molar-refractivity contribution < 1.29 is 22.7 Å². The molecule has 3 aromatic rings. The molecule has 2 fully saturated rings. The number of halogens is 3. The Kier molecular flexibility index (Phi) is 6.69. The third-order valence-corrected chi connectivity index (χ3v) is 7.40. The highest BCUT2D eigenvalue weighted by Gasteiger charge is 2.55. The molecule has 1 saturated carbocycles. The summed E-state index contributed by atoms with van der Waals surface area (Å²) in [4.78, 5) is 21.4. The third-order valence-electron chi connectivity index (χ3n) is 6.81. The zero-order valence-electron chi connectivity index (χ0n) is 19.2. The van der Waals surface area contributed by atoms with Gasteiger partial charge in [-0.15, -0.1) is 24.5 Å². The van der Waals surface area contributed by atoms with Crippen LogP contribution in [-0.4, -0.2) is 46.7 Å². The van der Waals surface area contributed by atoms with Gasteiger partial charge in [0.05, 0.1) is 17.1 Å². The Bertz CT molecular complexity index is 1250. The molecule has 2 atom stereocenters. The van der Waals surface area contributed by atoms with Crippen LogP contribution in [0.15, 0.2) is 59.4 Å². The van der Waals surface area contributed by atoms with Crippen LogP contribution in [0.3, 0.4) is 0 Å². The second-order valence-electron chi connectivity index (χ2n) is 9.25. The molecule has 2 unspecified atom stereocenters. The van der Waals surface area contributed by atoms with Crippen molar-refractivity contribution in [1.82, 2.24) is 14.8 Å². The number of carbonyl (C=O) groups excluding carboxylic acids is 1. The van der Waals surface area contributed by atoms with E-state index in [1.54, 1.807) is 21.9 Å². The molecule has 10 heteroatoms. The SMILES string of the molecule is N#Cc1ccc(CN2CC3C(C2)C3CN(Cc2cccc(OC(F)(F)F)c2)C(=O)c2cscn2)cc1. The fourth-order valence-corrected chi connectivity index (χ4v) is 5.62. The molecule has 6 nitrogen and oxygen atoms in total. The van der Waals surface area contributed by atoms with E-state index >= 15 is 0 Å². The molecule has 1 aromatic heterocycles. The van der Waals surface area contributed by atoms with E-state index in [2.05, 4.69) is 20.7 Å². The molecule has 1 saturated heterocycles. The number of aromatic nitrogens is 1. The number of nitrogens with zero attached hydrogens (tertiary/aromatic N) is 4. The average molecular weight is 513 g/mol. The maximum Gasteiger partial charge on any atom is 0.573 e. The highest BCUT2D eigenvalue weighted by Crippen LogP contribution is 2.52. The molecular weight excluding hydrogens is 489 g/mol. The Hall–Kier alpha value is -3.42. The van der Waals surface area contributed by atoms with Gasteiger partial charge >= 0.3 is 6.36 Å². The summed E-state index contributed by atoms with van der Waals surface area (Å²) in [5.74, 6) is 0.781. The zero-order valence-corrected chi connectivity index (χ0v) is 20.0. The van der Waals surface area contributed by atoms with Gasteiger partial charge < -0.3 is 9.64 Å². The Morgan fingerprint density at radius 2 is 1.92 bits per heavy atom. The summed E-state index contributed by atoms with van der Waals surface area (Å²) in [6.45, 7) is 3.39. The first-order chi connectivity index (χ1) is 17.3. The van der Waals surface area contributed by atoms with Crippen LogP contribution >= 0.6 is 11.3 Å². The van der Waals surface area contributed by atoms with E-state index < -0.39 is 6.36 Å². The number of amides is 1. The summed E-state index contributed by atoms with van der Waals surface area (Å²) in [6.07, 6.45) is -4.77. The second-order valence-corrected chi connectivity index (χ2v) is 9.97. The van der Waals surface area contributed by atoms with Crippen molar-refractivity contribution in [1.29, 1.82) is 5.26 Å². The van der Waals surface area contributed by atoms with Crippen molar-refractivity contribution in [2.45, 2.75) is 19.5 Å². The van der Waals surface area contributed by atoms with Crippen LogP contribution < -0.4 is 4.74 Å². The van der Waals surface area contributed by atoms with E-state index in [1.165, 1.54) is 29.5 Å². The van der Waals surface area contributed by atoms with E-state index in [4.69, 9.17) is 5.26 Å². The van der Waals surface area contributed by atoms with Gasteiger partial charge in [0.25, 0.3) is 5.91 Å². The molecule has 2 aromatic carbocycles. The maximum absolute atomic E-state index is 13.2. The van der Waals surface area contributed by atoms with E-state index in [1.807, 2.05) is 24.3 Å². The first-order valence-electron chi connectivity index (χ1n) is 11.5. The minimum atomic E-state index is -4.77. The van der Waals surface area contributed by atoms with Gasteiger partial charge in [-0.3, -0.25) is 9.69 Å². The summed E-state index contributed by atoms with van der Waals surface area (Å²) in [7, 11) is 0. The number of benzene rings is 2. The molecule has 1 aliphatic heterocycles. The number of piperidine rings is 1. The third kappa shape index (κ3) is 5.69. The molecule has 0 spiro atoms. The largest absolute Gasteiger partial charge is 0.573 e. The summed E-state index contributed by atoms with van der Waals surface area (Å²) >= 11 is 1.33. The molecule has 1 aliphatic carbocycles. The number of fused-ring (bicyclic) bond motifs is 1. The van der Waals surface area contributed by atoms with Gasteiger partial charge in [-0.2, -0.15) is 5.26 Å². The van der Waals surface area contributed by atoms with Crippen LogP contribution in [0.5, 0.6) is 5.75 Å². The Balaban J connectivity index is 1.23. The number of thiazole rings is 1. The number of hydrogen-bond donors (Lipinski definition) is 0. The lowest BCUT2D eigenvalue weighted by atomic mass is 10.1. The van der Waals surface area contributed by atoms with Crippen LogP contribution in [0.1, 0.15) is 27.2 Å². The molecule has 2 heterocycles. The number of hydrogen-bond acceptors (Lipinski definition) is 6. The zero-order chi connectivity index (χ0) is 25.3. The van der Waals surface area contributed by atoms with Gasteiger partial charge in [0, 0.05) is 38.1 Å². The summed E-state index contributed by atoms with van der Waals surface area (Å²) in [6, 6.07) is 15.5. The predicted octanol–water partition coefficient (Wildman–Crippen LogP) is 4.93. The maximum atomic E-state index is 13.2. The lowest BCUT2D eigenvalue weighted by Crippen LogP contribution is -2.35. The highest BCUT2D eigenvalue weighted by atomic mass is 32.1. The van der Waals surface area contributed by atoms with E-state index in [0.29, 0.717) is 41.1 Å². The van der Waals surface area contributed by atoms with Gasteiger partial charge in [-0.1, -0.05) is 24.3 Å². The molecule has 0 radical (unpaired) electrons. The van der Waals surface area contributed by atoms with Gasteiger partial charge in [0.2, 0.25) is 0 Å². The second kappa shape index (κ2) is 9.91. The quantitative estimate of drug-likeness (QED) is 0.428. The van der Waals surface area contributed by atoms with Crippen LogP contribution in [0.2, 0.25) is 0 Å². The lowest BCUT2D eigenvalue weighted by molar-refractivity contribution is -0.274. The van der Waals surface area contributed by atoms with Crippen molar-refractivity contribution in [3.8, 4) is 11.8 Å². The molecule has 1 amide bonds. The Morgan fingerprint density at radius 1 is 1.17 bits per heavy atom. The number of alkyl halides is 3. The molecule has 0 N–H and O–H groups in total. The summed E-state index contributed by atoms with van der Waals surface area (Å²) in [5.41, 5.74) is 4.30. The van der Waals surface area contributed by atoms with E-state index in [-0.39, 0.29) is 18.2 Å². The Labute approximate surface area is 210 Å². The van der Waals surface area contributed by atoms with Gasteiger partial charge in [-0.25, -0.2) is 4.98 Å². The van der Waals surface area contributed by atoms with Crippen molar-refractivity contribution in [3.63, 3.8) is 0 Å². The predicted molar refractivity (Wildman–Crippen MR) is 127 cm³/mol. The number of likely N-dealkylation sites (tertiary alicyclic amines) is 1. The van der Waals surface area contributed by atoms with Crippen LogP contribution in [0.25, 0.3) is 0 Å². The minimum absolute atomic E-state index is 0.177. The molecule has 0 bridgehead atoms. The van der Waals surface area contributed by atoms with Gasteiger partial charge in [0.15, 0.2) is 0 Å². The molecule has 5 rings (SSSR count). The monoisotopic (exact) mass is 512 g/mol. The first kappa shape index (κ1) is 24.3. The van der Waals surface area contributed by atoms with E-state index in [9.17, 15) is 18.0 Å². The lowest BCUT2D eigenvalue weighted by Gasteiger charge is -2.25. The first-order valence-corrected chi connectivity index (χ1v) is 12.5. The smallest absolute Gasteiger partial charge is 0.406 e. The fraction of sp³-hybridized carbons (Fsp3) is 0.346. The van der Waals surface area contributed by atoms with Crippen molar-refractivity contribution in [2.75, 3.05) is 19.6 Å². The number of rotatable bonds is 8. The van der Waals surface area contributed by atoms with Crippen molar-refractivity contribution in [2.24, 2.45) is 17.8 Å². The number of nitriles is 1. The summed E-state index contributed by atoms with van der Waals surface area (Å²) in [5, 5.41) is 10.6. The van der Waals surface area contributed by atoms with Gasteiger partial charge in [-0.05, 0) is 53.1 Å². The van der Waals surface area contributed by atoms with Crippen molar-refractivity contribution >= 4 is 17.2 Å². The molecule has 186 valence electrons. The number of ether oxygens (including phenoxy) is 1. The topological polar surface area (TPSA) is 69.5 Å². The van der Waals surface area contributed by atoms with Crippen LogP contribution in [0.4, 0.5) is 13.2 Å². The van der Waals surface area contributed by atoms with Crippen molar-refractivity contribution in [3.05, 3.63) is 81.8 Å². The standard InChI is InChI=1S/C26H23F3N4O2S/c27-26(28,29)35-20-3-1-2-19(8-20)11-33(25(34)24-15-36-16-31-24)14-23-21-12-32(13-22(21)23)10-18-6-4-17(9-30)5-7-18/h1-8,15-16,21-23H,10-14H2. The minimum Gasteiger partial charge on any atom is -0.406 e. The average Bonchev–Trinajstić information content (AvgIpc) is 3.23. The molecular formula is C26H23F3N4O2S. The van der Waals surface area contributed by atoms with Crippen LogP contribution in [0, 0.1) is 29.1 Å². The van der Waals surface area contributed by atoms with Crippen LogP contribution in [-0.2, 0) is 13.1 Å². The van der Waals surface area contributed by atoms with E-state index in [0.717, 1.165) is 25.2 Å². The molecule has 2 aliphatic rings. The summed E-state index contributed by atoms with van der Waals surface area (Å²) < 4.78 is 42.0. The normalized spacial score (nSPS) is 21.0. The molecule has 36 heavy (non-hydrogen) atoms. The fourth-order valence-electron chi connectivity index (χ4n) is 5.09. The number of carbonyl (C=O) groups is 1. The highest BCUT2D eigenvalue weighted by molar-refractivity contribution is 7.07.